The summed E-state index contributed by atoms with van der Waals surface area (Å²) in [6.07, 6.45) is 0.680. The summed E-state index contributed by atoms with van der Waals surface area (Å²) in [4.78, 5) is 0. The second-order valence-corrected chi connectivity index (χ2v) is 3.51. The Balaban J connectivity index is 2.94. The lowest BCUT2D eigenvalue weighted by Crippen LogP contribution is -2.03. The molecule has 0 radical (unpaired) electrons. The van der Waals surface area contributed by atoms with Crippen LogP contribution >= 0.6 is 15.9 Å². The molecule has 0 atom stereocenters. The largest absolute Gasteiger partial charge is 0.396 e. The van der Waals surface area contributed by atoms with Crippen LogP contribution in [0.15, 0.2) is 22.7 Å². The van der Waals surface area contributed by atoms with Crippen LogP contribution in [-0.4, -0.2) is 11.7 Å². The van der Waals surface area contributed by atoms with Crippen LogP contribution in [0.2, 0.25) is 0 Å². The van der Waals surface area contributed by atoms with E-state index >= 15 is 0 Å². The van der Waals surface area contributed by atoms with Crippen molar-refractivity contribution in [3.8, 4) is 0 Å². The topological polar surface area (TPSA) is 46.2 Å². The first kappa shape index (κ1) is 9.71. The highest BCUT2D eigenvalue weighted by Gasteiger charge is 2.00. The Morgan fingerprint density at radius 3 is 2.67 bits per heavy atom. The number of nitrogens with two attached hydrogens (primary N) is 1. The lowest BCUT2D eigenvalue weighted by Gasteiger charge is -2.06. The van der Waals surface area contributed by atoms with Gasteiger partial charge in [0, 0.05) is 17.6 Å². The summed E-state index contributed by atoms with van der Waals surface area (Å²) in [5.41, 5.74) is 7.77. The summed E-state index contributed by atoms with van der Waals surface area (Å²) in [6, 6.07) is 5.94. The Morgan fingerprint density at radius 1 is 1.33 bits per heavy atom. The first-order chi connectivity index (χ1) is 5.77. The van der Waals surface area contributed by atoms with Crippen molar-refractivity contribution in [2.45, 2.75) is 13.0 Å². The van der Waals surface area contributed by atoms with Crippen LogP contribution in [0.5, 0.6) is 0 Å². The molecule has 3 N–H and O–H groups in total. The molecule has 3 heteroatoms. The molecule has 1 aromatic carbocycles. The molecule has 1 rings (SSSR count). The van der Waals surface area contributed by atoms with Gasteiger partial charge in [0.05, 0.1) is 0 Å². The second kappa shape index (κ2) is 4.60. The predicted molar refractivity (Wildman–Crippen MR) is 52.8 cm³/mol. The molecular weight excluding hydrogens is 218 g/mol. The van der Waals surface area contributed by atoms with E-state index in [4.69, 9.17) is 10.8 Å². The molecule has 0 unspecified atom stereocenters. The van der Waals surface area contributed by atoms with Gasteiger partial charge in [0.2, 0.25) is 0 Å². The van der Waals surface area contributed by atoms with Gasteiger partial charge in [-0.25, -0.2) is 0 Å². The minimum absolute atomic E-state index is 0.175. The molecule has 0 spiro atoms. The van der Waals surface area contributed by atoms with Crippen LogP contribution in [0.1, 0.15) is 11.1 Å². The summed E-state index contributed by atoms with van der Waals surface area (Å²) in [5.74, 6) is 0. The van der Waals surface area contributed by atoms with Crippen molar-refractivity contribution >= 4 is 15.9 Å². The third-order valence-corrected chi connectivity index (χ3v) is 2.26. The van der Waals surface area contributed by atoms with E-state index in [1.807, 2.05) is 18.2 Å². The van der Waals surface area contributed by atoms with Crippen molar-refractivity contribution in [2.24, 2.45) is 5.73 Å². The van der Waals surface area contributed by atoms with Crippen molar-refractivity contribution in [1.82, 2.24) is 0 Å². The molecule has 0 saturated heterocycles. The zero-order valence-corrected chi connectivity index (χ0v) is 8.34. The molecule has 66 valence electrons. The highest BCUT2D eigenvalue weighted by atomic mass is 79.9. The lowest BCUT2D eigenvalue weighted by molar-refractivity contribution is 0.299. The molecule has 0 aliphatic heterocycles. The van der Waals surface area contributed by atoms with Crippen LogP contribution < -0.4 is 5.73 Å². The molecule has 0 fully saturated rings. The van der Waals surface area contributed by atoms with Gasteiger partial charge in [-0.1, -0.05) is 22.0 Å². The summed E-state index contributed by atoms with van der Waals surface area (Å²) in [7, 11) is 0. The van der Waals surface area contributed by atoms with Crippen molar-refractivity contribution in [1.29, 1.82) is 0 Å². The molecule has 0 bridgehead atoms. The highest BCUT2D eigenvalue weighted by Crippen LogP contribution is 2.16. The third-order valence-electron chi connectivity index (χ3n) is 1.77. The van der Waals surface area contributed by atoms with Crippen LogP contribution in [0, 0.1) is 0 Å². The number of rotatable bonds is 3. The zero-order valence-electron chi connectivity index (χ0n) is 6.76. The maximum absolute atomic E-state index is 8.76. The van der Waals surface area contributed by atoms with Crippen molar-refractivity contribution in [3.63, 3.8) is 0 Å². The first-order valence-corrected chi connectivity index (χ1v) is 4.65. The fourth-order valence-corrected chi connectivity index (χ4v) is 1.56. The highest BCUT2D eigenvalue weighted by molar-refractivity contribution is 9.10. The smallest absolute Gasteiger partial charge is 0.0471 e. The van der Waals surface area contributed by atoms with Crippen LogP contribution in [-0.2, 0) is 13.0 Å². The Bertz CT molecular complexity index is 263. The maximum Gasteiger partial charge on any atom is 0.0471 e. The van der Waals surface area contributed by atoms with Gasteiger partial charge in [0.25, 0.3) is 0 Å². The summed E-state index contributed by atoms with van der Waals surface area (Å²) >= 11 is 3.37. The maximum atomic E-state index is 8.76. The van der Waals surface area contributed by atoms with Gasteiger partial charge in [-0.15, -0.1) is 0 Å². The molecule has 0 saturated carbocycles. The second-order valence-electron chi connectivity index (χ2n) is 2.59. The van der Waals surface area contributed by atoms with Gasteiger partial charge < -0.3 is 10.8 Å². The molecule has 0 aliphatic rings. The molecule has 0 amide bonds. The van der Waals surface area contributed by atoms with Crippen molar-refractivity contribution in [2.75, 3.05) is 6.61 Å². The van der Waals surface area contributed by atoms with Gasteiger partial charge in [-0.3, -0.25) is 0 Å². The van der Waals surface area contributed by atoms with E-state index in [2.05, 4.69) is 15.9 Å². The van der Waals surface area contributed by atoms with Crippen LogP contribution in [0.4, 0.5) is 0 Å². The zero-order chi connectivity index (χ0) is 8.97. The Kier molecular flexibility index (Phi) is 3.72. The molecule has 0 aromatic heterocycles. The predicted octanol–water partition coefficient (Wildman–Crippen LogP) is 1.44. The van der Waals surface area contributed by atoms with Gasteiger partial charge in [-0.2, -0.15) is 0 Å². The van der Waals surface area contributed by atoms with Crippen molar-refractivity contribution in [3.05, 3.63) is 33.8 Å². The molecule has 0 aliphatic carbocycles. The van der Waals surface area contributed by atoms with E-state index in [9.17, 15) is 0 Å². The quantitative estimate of drug-likeness (QED) is 0.825. The first-order valence-electron chi connectivity index (χ1n) is 3.86. The Labute approximate surface area is 80.5 Å². The number of benzene rings is 1. The molecule has 2 nitrogen and oxygen atoms in total. The summed E-state index contributed by atoms with van der Waals surface area (Å²) in [6.45, 7) is 0.698. The molecular formula is C9H12BrNO. The normalized spacial score (nSPS) is 10.2. The molecule has 12 heavy (non-hydrogen) atoms. The van der Waals surface area contributed by atoms with E-state index in [0.717, 1.165) is 15.6 Å². The Hall–Kier alpha value is -0.380. The SMILES string of the molecule is NCc1cc(Br)ccc1CCO. The van der Waals surface area contributed by atoms with E-state index in [1.165, 1.54) is 0 Å². The van der Waals surface area contributed by atoms with E-state index in [1.54, 1.807) is 0 Å². The average molecular weight is 230 g/mol. The lowest BCUT2D eigenvalue weighted by atomic mass is 10.1. The standard InChI is InChI=1S/C9H12BrNO/c10-9-2-1-7(3-4-12)8(5-9)6-11/h1-2,5,12H,3-4,6,11H2. The van der Waals surface area contributed by atoms with Gasteiger partial charge >= 0.3 is 0 Å². The number of aliphatic hydroxyl groups excluding tert-OH is 1. The van der Waals surface area contributed by atoms with Gasteiger partial charge in [-0.05, 0) is 29.7 Å². The summed E-state index contributed by atoms with van der Waals surface area (Å²) < 4.78 is 1.03. The minimum Gasteiger partial charge on any atom is -0.396 e. The van der Waals surface area contributed by atoms with Crippen LogP contribution in [0.3, 0.4) is 0 Å². The van der Waals surface area contributed by atoms with E-state index in [0.29, 0.717) is 13.0 Å². The van der Waals surface area contributed by atoms with E-state index in [-0.39, 0.29) is 6.61 Å². The fourth-order valence-electron chi connectivity index (χ4n) is 1.15. The van der Waals surface area contributed by atoms with Crippen LogP contribution in [0.25, 0.3) is 0 Å². The number of halogens is 1. The Morgan fingerprint density at radius 2 is 2.08 bits per heavy atom. The molecule has 1 aromatic rings. The monoisotopic (exact) mass is 229 g/mol. The number of aliphatic hydroxyl groups is 1. The fraction of sp³-hybridized carbons (Fsp3) is 0.333. The number of hydrogen-bond acceptors (Lipinski definition) is 2. The van der Waals surface area contributed by atoms with Gasteiger partial charge in [0.15, 0.2) is 0 Å². The van der Waals surface area contributed by atoms with Crippen molar-refractivity contribution < 1.29 is 5.11 Å². The van der Waals surface area contributed by atoms with Gasteiger partial charge in [0.1, 0.15) is 0 Å². The minimum atomic E-state index is 0.175. The third kappa shape index (κ3) is 2.30. The number of hydrogen-bond donors (Lipinski definition) is 2. The average Bonchev–Trinajstić information content (AvgIpc) is 2.08. The molecule has 0 heterocycles. The summed E-state index contributed by atoms with van der Waals surface area (Å²) in [5, 5.41) is 8.76. The van der Waals surface area contributed by atoms with E-state index < -0.39 is 0 Å².